The number of nitrogens with two attached hydrogens (primary N) is 1. The Morgan fingerprint density at radius 3 is 2.00 bits per heavy atom. The Kier molecular flexibility index (Phi) is 6.45. The van der Waals surface area contributed by atoms with E-state index >= 15 is 0 Å². The second-order valence-electron chi connectivity index (χ2n) is 4.54. The van der Waals surface area contributed by atoms with Crippen molar-refractivity contribution >= 4 is 0 Å². The molecule has 0 fully saturated rings. The van der Waals surface area contributed by atoms with Crippen LogP contribution in [0.5, 0.6) is 17.2 Å². The van der Waals surface area contributed by atoms with Gasteiger partial charge < -0.3 is 24.8 Å². The van der Waals surface area contributed by atoms with Crippen LogP contribution in [-0.4, -0.2) is 52.4 Å². The topological polar surface area (TPSA) is 57.0 Å². The molecule has 0 aliphatic carbocycles. The van der Waals surface area contributed by atoms with E-state index in [-0.39, 0.29) is 0 Å². The normalized spacial score (nSPS) is 12.3. The molecular weight excluding hydrogens is 244 g/mol. The van der Waals surface area contributed by atoms with Crippen molar-refractivity contribution in [2.45, 2.75) is 12.5 Å². The first-order valence-electron chi connectivity index (χ1n) is 6.33. The van der Waals surface area contributed by atoms with Crippen molar-refractivity contribution in [3.05, 3.63) is 18.2 Å². The number of methoxy groups -OCH3 is 2. The lowest BCUT2D eigenvalue weighted by atomic mass is 10.2. The highest BCUT2D eigenvalue weighted by molar-refractivity contribution is 5.41. The minimum atomic E-state index is 0.326. The van der Waals surface area contributed by atoms with E-state index in [4.69, 9.17) is 19.9 Å². The van der Waals surface area contributed by atoms with Gasteiger partial charge in [0.05, 0.1) is 20.8 Å². The van der Waals surface area contributed by atoms with Gasteiger partial charge in [0.1, 0.15) is 17.2 Å². The molecule has 5 heteroatoms. The van der Waals surface area contributed by atoms with Crippen LogP contribution in [0.3, 0.4) is 0 Å². The van der Waals surface area contributed by atoms with Gasteiger partial charge in [-0.25, -0.2) is 0 Å². The van der Waals surface area contributed by atoms with Crippen molar-refractivity contribution in [2.24, 2.45) is 5.73 Å². The Labute approximate surface area is 115 Å². The summed E-state index contributed by atoms with van der Waals surface area (Å²) in [5, 5.41) is 0. The summed E-state index contributed by atoms with van der Waals surface area (Å²) in [5.41, 5.74) is 5.71. The summed E-state index contributed by atoms with van der Waals surface area (Å²) in [6.45, 7) is 1.23. The van der Waals surface area contributed by atoms with Crippen LogP contribution in [0, 0.1) is 0 Å². The maximum Gasteiger partial charge on any atom is 0.126 e. The maximum absolute atomic E-state index is 5.73. The molecule has 1 aromatic rings. The van der Waals surface area contributed by atoms with E-state index in [0.717, 1.165) is 23.7 Å². The number of likely N-dealkylation sites (N-methyl/N-ethyl adjacent to an activating group) is 1. The smallest absolute Gasteiger partial charge is 0.126 e. The zero-order valence-corrected chi connectivity index (χ0v) is 12.2. The summed E-state index contributed by atoms with van der Waals surface area (Å²) >= 11 is 0. The fourth-order valence-corrected chi connectivity index (χ4v) is 1.76. The molecule has 0 amide bonds. The van der Waals surface area contributed by atoms with Crippen molar-refractivity contribution in [1.82, 2.24) is 4.90 Å². The van der Waals surface area contributed by atoms with E-state index in [9.17, 15) is 0 Å². The van der Waals surface area contributed by atoms with E-state index in [1.165, 1.54) is 0 Å². The molecule has 1 rings (SSSR count). The molecule has 1 unspecified atom stereocenters. The first-order chi connectivity index (χ1) is 9.10. The van der Waals surface area contributed by atoms with Gasteiger partial charge in [0.2, 0.25) is 0 Å². The van der Waals surface area contributed by atoms with Crippen LogP contribution in [-0.2, 0) is 0 Å². The number of rotatable bonds is 8. The largest absolute Gasteiger partial charge is 0.496 e. The summed E-state index contributed by atoms with van der Waals surface area (Å²) in [7, 11) is 7.28. The molecule has 0 spiro atoms. The van der Waals surface area contributed by atoms with Crippen LogP contribution in [0.25, 0.3) is 0 Å². The van der Waals surface area contributed by atoms with Gasteiger partial charge in [-0.05, 0) is 20.5 Å². The van der Waals surface area contributed by atoms with Crippen LogP contribution in [0.15, 0.2) is 18.2 Å². The molecular formula is C14H24N2O3. The SMILES string of the molecule is COc1cc(OC)cc(OCCC(CN)N(C)C)c1. The van der Waals surface area contributed by atoms with Crippen molar-refractivity contribution in [3.63, 3.8) is 0 Å². The second kappa shape index (κ2) is 7.86. The summed E-state index contributed by atoms with van der Waals surface area (Å²) in [6, 6.07) is 5.83. The summed E-state index contributed by atoms with van der Waals surface area (Å²) < 4.78 is 16.1. The summed E-state index contributed by atoms with van der Waals surface area (Å²) in [6.07, 6.45) is 0.878. The summed E-state index contributed by atoms with van der Waals surface area (Å²) in [5.74, 6) is 2.18. The molecule has 19 heavy (non-hydrogen) atoms. The predicted molar refractivity (Wildman–Crippen MR) is 76.2 cm³/mol. The third-order valence-electron chi connectivity index (χ3n) is 3.05. The van der Waals surface area contributed by atoms with Crippen LogP contribution in [0.1, 0.15) is 6.42 Å². The minimum Gasteiger partial charge on any atom is -0.496 e. The van der Waals surface area contributed by atoms with Crippen LogP contribution in [0.4, 0.5) is 0 Å². The Morgan fingerprint density at radius 1 is 1.05 bits per heavy atom. The van der Waals surface area contributed by atoms with Gasteiger partial charge in [-0.3, -0.25) is 0 Å². The van der Waals surface area contributed by atoms with Gasteiger partial charge in [0, 0.05) is 30.8 Å². The molecule has 5 nitrogen and oxygen atoms in total. The number of nitrogens with zero attached hydrogens (tertiary/aromatic N) is 1. The van der Waals surface area contributed by atoms with E-state index in [0.29, 0.717) is 19.2 Å². The minimum absolute atomic E-state index is 0.326. The third-order valence-corrected chi connectivity index (χ3v) is 3.05. The zero-order chi connectivity index (χ0) is 14.3. The molecule has 0 aromatic heterocycles. The van der Waals surface area contributed by atoms with Gasteiger partial charge >= 0.3 is 0 Å². The zero-order valence-electron chi connectivity index (χ0n) is 12.2. The molecule has 1 atom stereocenters. The standard InChI is InChI=1S/C14H24N2O3/c1-16(2)11(10-15)5-6-19-14-8-12(17-3)7-13(9-14)18-4/h7-9,11H,5-6,10,15H2,1-4H3. The Hall–Kier alpha value is -1.46. The summed E-state index contributed by atoms with van der Waals surface area (Å²) in [4.78, 5) is 2.11. The van der Waals surface area contributed by atoms with E-state index < -0.39 is 0 Å². The van der Waals surface area contributed by atoms with Crippen LogP contribution in [0.2, 0.25) is 0 Å². The first-order valence-corrected chi connectivity index (χ1v) is 6.33. The van der Waals surface area contributed by atoms with Crippen molar-refractivity contribution < 1.29 is 14.2 Å². The van der Waals surface area contributed by atoms with Gasteiger partial charge in [-0.2, -0.15) is 0 Å². The first kappa shape index (κ1) is 15.6. The third kappa shape index (κ3) is 4.96. The fourth-order valence-electron chi connectivity index (χ4n) is 1.76. The second-order valence-corrected chi connectivity index (χ2v) is 4.54. The Balaban J connectivity index is 2.57. The number of hydrogen-bond acceptors (Lipinski definition) is 5. The molecule has 1 aromatic carbocycles. The van der Waals surface area contributed by atoms with E-state index in [1.807, 2.05) is 32.3 Å². The van der Waals surface area contributed by atoms with Gasteiger partial charge in [-0.1, -0.05) is 0 Å². The lowest BCUT2D eigenvalue weighted by Crippen LogP contribution is -2.36. The number of ether oxygens (including phenoxy) is 3. The highest BCUT2D eigenvalue weighted by Gasteiger charge is 2.09. The maximum atomic E-state index is 5.73. The Morgan fingerprint density at radius 2 is 1.58 bits per heavy atom. The van der Waals surface area contributed by atoms with Gasteiger partial charge in [0.25, 0.3) is 0 Å². The van der Waals surface area contributed by atoms with Crippen LogP contribution < -0.4 is 19.9 Å². The highest BCUT2D eigenvalue weighted by atomic mass is 16.5. The van der Waals surface area contributed by atoms with Crippen molar-refractivity contribution in [1.29, 1.82) is 0 Å². The molecule has 0 saturated carbocycles. The molecule has 2 N–H and O–H groups in total. The highest BCUT2D eigenvalue weighted by Crippen LogP contribution is 2.27. The quantitative estimate of drug-likeness (QED) is 0.771. The average molecular weight is 268 g/mol. The molecule has 0 radical (unpaired) electrons. The van der Waals surface area contributed by atoms with Gasteiger partial charge in [-0.15, -0.1) is 0 Å². The van der Waals surface area contributed by atoms with E-state index in [2.05, 4.69) is 4.90 Å². The van der Waals surface area contributed by atoms with Crippen molar-refractivity contribution in [2.75, 3.05) is 41.5 Å². The number of hydrogen-bond donors (Lipinski definition) is 1. The molecule has 0 bridgehead atoms. The molecule has 0 saturated heterocycles. The van der Waals surface area contributed by atoms with Crippen LogP contribution >= 0.6 is 0 Å². The number of benzene rings is 1. The lowest BCUT2D eigenvalue weighted by Gasteiger charge is -2.22. The van der Waals surface area contributed by atoms with Gasteiger partial charge in [0.15, 0.2) is 0 Å². The molecule has 0 aliphatic heterocycles. The fraction of sp³-hybridized carbons (Fsp3) is 0.571. The average Bonchev–Trinajstić information content (AvgIpc) is 2.42. The van der Waals surface area contributed by atoms with Crippen molar-refractivity contribution in [3.8, 4) is 17.2 Å². The predicted octanol–water partition coefficient (Wildman–Crippen LogP) is 1.36. The molecule has 0 heterocycles. The van der Waals surface area contributed by atoms with E-state index in [1.54, 1.807) is 14.2 Å². The lowest BCUT2D eigenvalue weighted by molar-refractivity contribution is 0.224. The molecule has 108 valence electrons. The molecule has 0 aliphatic rings. The monoisotopic (exact) mass is 268 g/mol. The Bertz CT molecular complexity index is 361.